The largest absolute Gasteiger partial charge is 0.497 e. The molecule has 0 saturated carbocycles. The third-order valence-electron chi connectivity index (χ3n) is 7.31. The number of carbonyl (C=O) groups is 2. The fourth-order valence-electron chi connectivity index (χ4n) is 5.29. The Hall–Kier alpha value is -4.24. The van der Waals surface area contributed by atoms with Crippen LogP contribution in [0.25, 0.3) is 16.9 Å². The van der Waals surface area contributed by atoms with Crippen LogP contribution in [-0.2, 0) is 9.59 Å². The van der Waals surface area contributed by atoms with Crippen molar-refractivity contribution >= 4 is 29.4 Å². The Morgan fingerprint density at radius 3 is 2.52 bits per heavy atom. The van der Waals surface area contributed by atoms with E-state index < -0.39 is 0 Å². The summed E-state index contributed by atoms with van der Waals surface area (Å²) in [6, 6.07) is 21.8. The highest BCUT2D eigenvalue weighted by Gasteiger charge is 2.39. The number of fused-ring (bicyclic) bond motifs is 1. The summed E-state index contributed by atoms with van der Waals surface area (Å²) >= 11 is 1.50. The number of carbonyl (C=O) groups excluding carboxylic acids is 2. The van der Waals surface area contributed by atoms with Crippen molar-refractivity contribution < 1.29 is 19.1 Å². The molecule has 4 aromatic rings. The van der Waals surface area contributed by atoms with E-state index in [1.54, 1.807) is 19.1 Å². The van der Waals surface area contributed by atoms with Crippen molar-refractivity contribution in [3.8, 4) is 28.4 Å². The number of aromatic nitrogens is 2. The summed E-state index contributed by atoms with van der Waals surface area (Å²) in [7, 11) is 3.27. The highest BCUT2D eigenvalue weighted by Crippen LogP contribution is 2.51. The molecule has 1 aliphatic heterocycles. The quantitative estimate of drug-likeness (QED) is 0.265. The van der Waals surface area contributed by atoms with E-state index in [2.05, 4.69) is 11.4 Å². The van der Waals surface area contributed by atoms with Gasteiger partial charge in [0.1, 0.15) is 23.9 Å². The molecule has 0 fully saturated rings. The van der Waals surface area contributed by atoms with Gasteiger partial charge in [0.15, 0.2) is 0 Å². The van der Waals surface area contributed by atoms with Gasteiger partial charge in [-0.1, -0.05) is 55.0 Å². The zero-order valence-electron chi connectivity index (χ0n) is 24.6. The molecule has 0 bridgehead atoms. The van der Waals surface area contributed by atoms with Crippen LogP contribution in [0.1, 0.15) is 40.8 Å². The van der Waals surface area contributed by atoms with Crippen LogP contribution < -0.4 is 19.7 Å². The molecule has 0 unspecified atom stereocenters. The topological polar surface area (TPSA) is 85.7 Å². The van der Waals surface area contributed by atoms with Crippen molar-refractivity contribution in [1.29, 1.82) is 0 Å². The van der Waals surface area contributed by atoms with E-state index >= 15 is 0 Å². The van der Waals surface area contributed by atoms with Crippen LogP contribution in [0.4, 0.5) is 5.82 Å². The van der Waals surface area contributed by atoms with Crippen molar-refractivity contribution in [2.75, 3.05) is 38.0 Å². The van der Waals surface area contributed by atoms with Crippen LogP contribution >= 0.6 is 11.8 Å². The van der Waals surface area contributed by atoms with E-state index in [1.165, 1.54) is 11.8 Å². The number of amides is 2. The Bertz CT molecular complexity index is 1600. The number of methoxy groups -OCH3 is 2. The highest BCUT2D eigenvalue weighted by molar-refractivity contribution is 8.00. The van der Waals surface area contributed by atoms with Crippen molar-refractivity contribution in [2.24, 2.45) is 0 Å². The van der Waals surface area contributed by atoms with Gasteiger partial charge in [0.2, 0.25) is 11.8 Å². The molecule has 42 heavy (non-hydrogen) atoms. The van der Waals surface area contributed by atoms with Gasteiger partial charge in [0, 0.05) is 23.2 Å². The highest BCUT2D eigenvalue weighted by atomic mass is 32.2. The molecule has 1 aliphatic rings. The zero-order valence-corrected chi connectivity index (χ0v) is 25.5. The molecule has 1 N–H and O–H groups in total. The number of hydrogen-bond acceptors (Lipinski definition) is 6. The maximum Gasteiger partial charge on any atom is 0.240 e. The first kappa shape index (κ1) is 29.3. The molecule has 3 aromatic carbocycles. The number of aryl methyl sites for hydroxylation is 2. The van der Waals surface area contributed by atoms with Crippen LogP contribution in [0.15, 0.2) is 66.7 Å². The lowest BCUT2D eigenvalue weighted by molar-refractivity contribution is -0.122. The summed E-state index contributed by atoms with van der Waals surface area (Å²) in [6.07, 6.45) is 0.803. The van der Waals surface area contributed by atoms with Crippen LogP contribution in [0, 0.1) is 13.8 Å². The van der Waals surface area contributed by atoms with Gasteiger partial charge in [-0.3, -0.25) is 14.5 Å². The van der Waals surface area contributed by atoms with Crippen molar-refractivity contribution in [3.63, 3.8) is 0 Å². The predicted molar refractivity (Wildman–Crippen MR) is 168 cm³/mol. The van der Waals surface area contributed by atoms with Crippen LogP contribution in [0.5, 0.6) is 11.5 Å². The molecule has 2 heterocycles. The first-order chi connectivity index (χ1) is 20.4. The van der Waals surface area contributed by atoms with Crippen LogP contribution in [0.3, 0.4) is 0 Å². The number of anilines is 1. The molecule has 0 spiro atoms. The van der Waals surface area contributed by atoms with Gasteiger partial charge in [-0.05, 0) is 50.1 Å². The molecule has 218 valence electrons. The summed E-state index contributed by atoms with van der Waals surface area (Å²) in [5.74, 6) is 1.73. The lowest BCUT2D eigenvalue weighted by Gasteiger charge is -2.24. The van der Waals surface area contributed by atoms with Gasteiger partial charge < -0.3 is 14.8 Å². The van der Waals surface area contributed by atoms with Gasteiger partial charge in [-0.15, -0.1) is 11.8 Å². The Balaban J connectivity index is 1.84. The summed E-state index contributed by atoms with van der Waals surface area (Å²) in [4.78, 5) is 28.7. The lowest BCUT2D eigenvalue weighted by atomic mass is 9.98. The summed E-state index contributed by atoms with van der Waals surface area (Å²) < 4.78 is 13.3. The van der Waals surface area contributed by atoms with E-state index in [4.69, 9.17) is 14.6 Å². The number of rotatable bonds is 9. The Morgan fingerprint density at radius 1 is 1.05 bits per heavy atom. The minimum Gasteiger partial charge on any atom is -0.497 e. The first-order valence-corrected chi connectivity index (χ1v) is 15.1. The Kier molecular flexibility index (Phi) is 8.87. The molecular formula is C33H36N4O4S. The van der Waals surface area contributed by atoms with Gasteiger partial charge in [0.25, 0.3) is 0 Å². The number of thioether (sulfide) groups is 1. The minimum absolute atomic E-state index is 0.112. The van der Waals surface area contributed by atoms with Gasteiger partial charge in [0.05, 0.1) is 36.6 Å². The molecular weight excluding hydrogens is 548 g/mol. The summed E-state index contributed by atoms with van der Waals surface area (Å²) in [6.45, 7) is 6.51. The van der Waals surface area contributed by atoms with Crippen LogP contribution in [0.2, 0.25) is 0 Å². The van der Waals surface area contributed by atoms with Crippen molar-refractivity contribution in [2.45, 2.75) is 32.4 Å². The van der Waals surface area contributed by atoms with Gasteiger partial charge >= 0.3 is 0 Å². The van der Waals surface area contributed by atoms with Crippen LogP contribution in [-0.4, -0.2) is 54.7 Å². The van der Waals surface area contributed by atoms with E-state index in [9.17, 15) is 9.59 Å². The zero-order chi connectivity index (χ0) is 29.8. The Morgan fingerprint density at radius 2 is 1.83 bits per heavy atom. The second-order valence-corrected chi connectivity index (χ2v) is 11.4. The average Bonchev–Trinajstić information content (AvgIpc) is 3.32. The monoisotopic (exact) mass is 584 g/mol. The minimum atomic E-state index is -0.340. The number of benzene rings is 3. The summed E-state index contributed by atoms with van der Waals surface area (Å²) in [5, 5.41) is 7.80. The maximum absolute atomic E-state index is 13.9. The fraction of sp³-hybridized carbons (Fsp3) is 0.303. The van der Waals surface area contributed by atoms with Crippen molar-refractivity contribution in [1.82, 2.24) is 15.1 Å². The van der Waals surface area contributed by atoms with E-state index in [0.717, 1.165) is 45.6 Å². The van der Waals surface area contributed by atoms with E-state index in [-0.39, 0.29) is 29.4 Å². The predicted octanol–water partition coefficient (Wildman–Crippen LogP) is 5.87. The molecule has 0 radical (unpaired) electrons. The third kappa shape index (κ3) is 5.74. The second-order valence-electron chi connectivity index (χ2n) is 10.3. The standard InChI is InChI=1S/C33H36N4O4S/c1-6-16-34-28(38)19-36-29(39)20-42-32(25-18-24(40-4)13-15-27(25)41-5)30-31(23-10-8-7-9-11-23)35-37(33(30)36)26-14-12-21(2)17-22(26)3/h7-15,17-18,32H,6,16,19-20H2,1-5H3,(H,34,38)/t32-/m0/s1. The van der Waals surface area contributed by atoms with Crippen molar-refractivity contribution in [3.05, 3.63) is 89.0 Å². The Labute approximate surface area is 251 Å². The first-order valence-electron chi connectivity index (χ1n) is 14.0. The lowest BCUT2D eigenvalue weighted by Crippen LogP contribution is -2.42. The molecule has 0 aliphatic carbocycles. The van der Waals surface area contributed by atoms with Gasteiger partial charge in [-0.25, -0.2) is 4.68 Å². The smallest absolute Gasteiger partial charge is 0.240 e. The van der Waals surface area contributed by atoms with E-state index in [1.807, 2.05) is 86.1 Å². The van der Waals surface area contributed by atoms with E-state index in [0.29, 0.717) is 23.9 Å². The van der Waals surface area contributed by atoms with Gasteiger partial charge in [-0.2, -0.15) is 5.10 Å². The number of nitrogens with zero attached hydrogens (tertiary/aromatic N) is 3. The third-order valence-corrected chi connectivity index (χ3v) is 8.55. The summed E-state index contributed by atoms with van der Waals surface area (Å²) in [5.41, 5.74) is 6.33. The molecule has 5 rings (SSSR count). The molecule has 2 amide bonds. The molecule has 0 saturated heterocycles. The molecule has 1 aromatic heterocycles. The molecule has 1 atom stereocenters. The SMILES string of the molecule is CCCNC(=O)CN1C(=O)CS[C@@H](c2cc(OC)ccc2OC)c2c(-c3ccccc3)nn(-c3ccc(C)cc3C)c21. The maximum atomic E-state index is 13.9. The second kappa shape index (κ2) is 12.7. The number of ether oxygens (including phenoxy) is 2. The molecule has 8 nitrogen and oxygen atoms in total. The number of hydrogen-bond donors (Lipinski definition) is 1. The molecule has 9 heteroatoms. The average molecular weight is 585 g/mol. The fourth-order valence-corrected chi connectivity index (χ4v) is 6.51. The normalized spacial score (nSPS) is 14.7. The number of nitrogens with one attached hydrogen (secondary N) is 1.